The van der Waals surface area contributed by atoms with Gasteiger partial charge in [-0.1, -0.05) is 0 Å². The molecule has 0 radical (unpaired) electrons. The minimum Gasteiger partial charge on any atom is -0.504 e. The van der Waals surface area contributed by atoms with Gasteiger partial charge < -0.3 is 50.0 Å². The summed E-state index contributed by atoms with van der Waals surface area (Å²) < 4.78 is 14.3. The van der Waals surface area contributed by atoms with Crippen LogP contribution in [0.2, 0.25) is 0 Å². The van der Waals surface area contributed by atoms with Crippen molar-refractivity contribution in [2.24, 2.45) is 0 Å². The van der Waals surface area contributed by atoms with Gasteiger partial charge in [0, 0.05) is 0 Å². The zero-order valence-corrected chi connectivity index (χ0v) is 17.5. The summed E-state index contributed by atoms with van der Waals surface area (Å²) in [5.74, 6) is -11.1. The Morgan fingerprint density at radius 3 is 1.20 bits per heavy atom. The molecule has 0 fully saturated rings. The molecule has 0 heterocycles. The second-order valence-corrected chi connectivity index (χ2v) is 6.82. The summed E-state index contributed by atoms with van der Waals surface area (Å²) in [5, 5.41) is 68.1. The molecule has 13 nitrogen and oxygen atoms in total. The van der Waals surface area contributed by atoms with E-state index in [0.717, 1.165) is 43.5 Å². The Labute approximate surface area is 194 Å². The number of carbonyl (C=O) groups is 3. The highest BCUT2D eigenvalue weighted by Crippen LogP contribution is 2.40. The number of esters is 3. The topological polar surface area (TPSA) is 221 Å². The molecular weight excluding hydrogens is 472 g/mol. The van der Waals surface area contributed by atoms with E-state index in [0.29, 0.717) is 0 Å². The molecule has 0 aliphatic carbocycles. The van der Waals surface area contributed by atoms with E-state index < -0.39 is 80.8 Å². The van der Waals surface area contributed by atoms with Gasteiger partial charge in [-0.2, -0.15) is 0 Å². The summed E-state index contributed by atoms with van der Waals surface area (Å²) in [5.41, 5.74) is -1.25. The van der Waals surface area contributed by atoms with E-state index in [1.807, 2.05) is 0 Å². The first kappa shape index (κ1) is 24.3. The van der Waals surface area contributed by atoms with E-state index in [9.17, 15) is 50.1 Å². The first-order valence-corrected chi connectivity index (χ1v) is 9.32. The lowest BCUT2D eigenvalue weighted by atomic mass is 10.1. The Bertz CT molecular complexity index is 1340. The Morgan fingerprint density at radius 1 is 0.514 bits per heavy atom. The van der Waals surface area contributed by atoms with Crippen LogP contribution in [0.25, 0.3) is 0 Å². The predicted molar refractivity (Wildman–Crippen MR) is 112 cm³/mol. The fraction of sp³-hybridized carbons (Fsp3) is 0.0455. The van der Waals surface area contributed by atoms with Crippen LogP contribution in [-0.2, 0) is 4.74 Å². The van der Waals surface area contributed by atoms with Crippen molar-refractivity contribution in [2.75, 3.05) is 7.11 Å². The Kier molecular flexibility index (Phi) is 6.44. The molecule has 7 N–H and O–H groups in total. The standard InChI is InChI=1S/C22H16O13/c1-33-20(30)9-4-13(25)18(28)15(6-9)35-22(32)10-5-14(26)19(29)16(7-10)34-21(31)8-2-11(23)17(27)12(24)3-8/h2-7,23-29H,1H3. The number of hydrogen-bond donors (Lipinski definition) is 7. The number of carbonyl (C=O) groups excluding carboxylic acids is 3. The number of methoxy groups -OCH3 is 1. The van der Waals surface area contributed by atoms with E-state index >= 15 is 0 Å². The van der Waals surface area contributed by atoms with Gasteiger partial charge in [-0.15, -0.1) is 0 Å². The van der Waals surface area contributed by atoms with Crippen LogP contribution >= 0.6 is 0 Å². The molecule has 0 saturated carbocycles. The molecule has 0 aliphatic rings. The smallest absolute Gasteiger partial charge is 0.343 e. The zero-order chi connectivity index (χ0) is 26.0. The molecule has 3 rings (SSSR count). The van der Waals surface area contributed by atoms with E-state index in [-0.39, 0.29) is 5.56 Å². The molecule has 0 aliphatic heterocycles. The van der Waals surface area contributed by atoms with Gasteiger partial charge in [0.2, 0.25) is 11.5 Å². The molecule has 0 aromatic heterocycles. The van der Waals surface area contributed by atoms with E-state index in [1.54, 1.807) is 0 Å². The minimum atomic E-state index is -1.28. The summed E-state index contributed by atoms with van der Waals surface area (Å²) in [6, 6.07) is 4.75. The number of aromatic hydroxyl groups is 7. The summed E-state index contributed by atoms with van der Waals surface area (Å²) >= 11 is 0. The third-order valence-electron chi connectivity index (χ3n) is 4.48. The van der Waals surface area contributed by atoms with Gasteiger partial charge in [0.05, 0.1) is 23.8 Å². The SMILES string of the molecule is COC(=O)c1cc(O)c(O)c(OC(=O)c2cc(O)c(O)c(OC(=O)c3cc(O)c(O)c(O)c3)c2)c1. The van der Waals surface area contributed by atoms with Crippen molar-refractivity contribution in [1.82, 2.24) is 0 Å². The lowest BCUT2D eigenvalue weighted by Gasteiger charge is -2.12. The van der Waals surface area contributed by atoms with Gasteiger partial charge in [0.15, 0.2) is 40.2 Å². The Morgan fingerprint density at radius 2 is 0.829 bits per heavy atom. The molecule has 3 aromatic carbocycles. The van der Waals surface area contributed by atoms with Gasteiger partial charge in [0.1, 0.15) is 0 Å². The first-order valence-electron chi connectivity index (χ1n) is 9.32. The molecule has 0 spiro atoms. The van der Waals surface area contributed by atoms with Crippen LogP contribution in [0.4, 0.5) is 0 Å². The maximum atomic E-state index is 12.6. The van der Waals surface area contributed by atoms with Crippen LogP contribution in [0.5, 0.6) is 51.7 Å². The Hall–Kier alpha value is -5.33. The lowest BCUT2D eigenvalue weighted by molar-refractivity contribution is 0.0596. The highest BCUT2D eigenvalue weighted by atomic mass is 16.6. The normalized spacial score (nSPS) is 10.4. The summed E-state index contributed by atoms with van der Waals surface area (Å²) in [6.07, 6.45) is 0. The minimum absolute atomic E-state index is 0.269. The zero-order valence-electron chi connectivity index (χ0n) is 17.5. The molecule has 0 atom stereocenters. The van der Waals surface area contributed by atoms with Crippen molar-refractivity contribution in [3.8, 4) is 51.7 Å². The van der Waals surface area contributed by atoms with Crippen LogP contribution in [0.3, 0.4) is 0 Å². The van der Waals surface area contributed by atoms with Gasteiger partial charge in [-0.05, 0) is 36.4 Å². The Balaban J connectivity index is 1.92. The quantitative estimate of drug-likeness (QED) is 0.155. The van der Waals surface area contributed by atoms with Crippen LogP contribution in [-0.4, -0.2) is 60.8 Å². The molecular formula is C22H16O13. The molecule has 3 aromatic rings. The number of benzene rings is 3. The van der Waals surface area contributed by atoms with E-state index in [1.165, 1.54) is 0 Å². The average molecular weight is 488 g/mol. The van der Waals surface area contributed by atoms with Crippen molar-refractivity contribution in [3.05, 3.63) is 53.1 Å². The second kappa shape index (κ2) is 9.27. The molecule has 182 valence electrons. The van der Waals surface area contributed by atoms with Crippen molar-refractivity contribution in [1.29, 1.82) is 0 Å². The fourth-order valence-electron chi connectivity index (χ4n) is 2.74. The average Bonchev–Trinajstić information content (AvgIpc) is 2.81. The van der Waals surface area contributed by atoms with E-state index in [4.69, 9.17) is 9.47 Å². The maximum absolute atomic E-state index is 12.6. The number of phenolic OH excluding ortho intramolecular Hbond substituents is 7. The van der Waals surface area contributed by atoms with Gasteiger partial charge in [-0.25, -0.2) is 14.4 Å². The van der Waals surface area contributed by atoms with Crippen molar-refractivity contribution in [2.45, 2.75) is 0 Å². The maximum Gasteiger partial charge on any atom is 0.343 e. The van der Waals surface area contributed by atoms with Crippen LogP contribution in [0.15, 0.2) is 36.4 Å². The van der Waals surface area contributed by atoms with Crippen LogP contribution < -0.4 is 9.47 Å². The first-order chi connectivity index (χ1) is 16.4. The lowest BCUT2D eigenvalue weighted by Crippen LogP contribution is -2.12. The second-order valence-electron chi connectivity index (χ2n) is 6.82. The molecule has 35 heavy (non-hydrogen) atoms. The fourth-order valence-corrected chi connectivity index (χ4v) is 2.74. The highest BCUT2D eigenvalue weighted by Gasteiger charge is 2.23. The van der Waals surface area contributed by atoms with Gasteiger partial charge in [0.25, 0.3) is 0 Å². The molecule has 0 bridgehead atoms. The summed E-state index contributed by atoms with van der Waals surface area (Å²) in [4.78, 5) is 36.6. The van der Waals surface area contributed by atoms with E-state index in [2.05, 4.69) is 4.74 Å². The van der Waals surface area contributed by atoms with Crippen molar-refractivity contribution < 1.29 is 64.3 Å². The number of hydrogen-bond acceptors (Lipinski definition) is 13. The van der Waals surface area contributed by atoms with Crippen LogP contribution in [0, 0.1) is 0 Å². The third kappa shape index (κ3) is 4.88. The number of ether oxygens (including phenoxy) is 3. The van der Waals surface area contributed by atoms with Gasteiger partial charge >= 0.3 is 17.9 Å². The molecule has 13 heteroatoms. The molecule has 0 saturated heterocycles. The number of phenols is 7. The number of rotatable bonds is 5. The molecule has 0 amide bonds. The third-order valence-corrected chi connectivity index (χ3v) is 4.48. The highest BCUT2D eigenvalue weighted by molar-refractivity contribution is 5.96. The van der Waals surface area contributed by atoms with Crippen molar-refractivity contribution in [3.63, 3.8) is 0 Å². The van der Waals surface area contributed by atoms with Crippen molar-refractivity contribution >= 4 is 17.9 Å². The monoisotopic (exact) mass is 488 g/mol. The summed E-state index contributed by atoms with van der Waals surface area (Å²) in [6.45, 7) is 0. The van der Waals surface area contributed by atoms with Crippen LogP contribution in [0.1, 0.15) is 31.1 Å². The predicted octanol–water partition coefficient (Wildman–Crippen LogP) is 1.85. The largest absolute Gasteiger partial charge is 0.504 e. The summed E-state index contributed by atoms with van der Waals surface area (Å²) in [7, 11) is 1.06. The molecule has 0 unspecified atom stereocenters. The van der Waals surface area contributed by atoms with Gasteiger partial charge in [-0.3, -0.25) is 0 Å².